The Balaban J connectivity index is 1.83. The first kappa shape index (κ1) is 24.7. The summed E-state index contributed by atoms with van der Waals surface area (Å²) in [5.74, 6) is -3.96. The number of nitro benzene ring substituents is 2. The average molecular weight is 504 g/mol. The van der Waals surface area contributed by atoms with Crippen molar-refractivity contribution in [3.05, 3.63) is 109 Å². The molecular weight excluding hydrogens is 488 g/mol. The van der Waals surface area contributed by atoms with Crippen LogP contribution in [0, 0.1) is 20.2 Å². The van der Waals surface area contributed by atoms with Gasteiger partial charge in [-0.05, 0) is 24.3 Å². The van der Waals surface area contributed by atoms with Gasteiger partial charge >= 0.3 is 0 Å². The van der Waals surface area contributed by atoms with Crippen LogP contribution in [0.15, 0.2) is 66.7 Å². The smallest absolute Gasteiger partial charge is 0.287 e. The minimum Gasteiger partial charge on any atom is -0.497 e. The first-order valence-electron chi connectivity index (χ1n) is 10.5. The zero-order chi connectivity index (χ0) is 26.9. The second-order valence-electron chi connectivity index (χ2n) is 7.67. The first-order valence-corrected chi connectivity index (χ1v) is 10.5. The summed E-state index contributed by atoms with van der Waals surface area (Å²) >= 11 is 0. The van der Waals surface area contributed by atoms with E-state index in [-0.39, 0.29) is 11.1 Å². The van der Waals surface area contributed by atoms with Crippen molar-refractivity contribution in [2.24, 2.45) is 0 Å². The number of rotatable bonds is 8. The number of carbonyl (C=O) groups excluding carboxylic acids is 4. The second kappa shape index (κ2) is 9.65. The largest absolute Gasteiger partial charge is 0.497 e. The summed E-state index contributed by atoms with van der Waals surface area (Å²) in [4.78, 5) is 74.6. The zero-order valence-electron chi connectivity index (χ0n) is 19.0. The van der Waals surface area contributed by atoms with Gasteiger partial charge < -0.3 is 4.74 Å². The Kier molecular flexibility index (Phi) is 6.43. The molecule has 4 rings (SSSR count). The number of benzene rings is 3. The van der Waals surface area contributed by atoms with E-state index in [0.717, 1.165) is 18.2 Å². The van der Waals surface area contributed by atoms with Crippen molar-refractivity contribution in [2.75, 3.05) is 13.7 Å². The van der Waals surface area contributed by atoms with Gasteiger partial charge in [-0.3, -0.25) is 39.4 Å². The molecule has 0 unspecified atom stereocenters. The van der Waals surface area contributed by atoms with E-state index in [2.05, 4.69) is 0 Å². The molecule has 3 aromatic carbocycles. The summed E-state index contributed by atoms with van der Waals surface area (Å²) in [6, 6.07) is 14.0. The predicted molar refractivity (Wildman–Crippen MR) is 125 cm³/mol. The number of hydrogen-bond acceptors (Lipinski definition) is 9. The van der Waals surface area contributed by atoms with Gasteiger partial charge in [0.05, 0.1) is 22.5 Å². The van der Waals surface area contributed by atoms with Gasteiger partial charge in [-0.25, -0.2) is 5.01 Å². The van der Waals surface area contributed by atoms with E-state index < -0.39 is 62.4 Å². The number of imide groups is 1. The Morgan fingerprint density at radius 1 is 0.892 bits per heavy atom. The predicted octanol–water partition coefficient (Wildman–Crippen LogP) is 3.05. The number of nitrogens with zero attached hydrogens (tertiary/aromatic N) is 4. The van der Waals surface area contributed by atoms with E-state index in [1.807, 2.05) is 0 Å². The minimum atomic E-state index is -1.22. The minimum absolute atomic E-state index is 0.0577. The highest BCUT2D eigenvalue weighted by atomic mass is 16.6. The van der Waals surface area contributed by atoms with Gasteiger partial charge in [0.15, 0.2) is 5.78 Å². The number of ketones is 1. The van der Waals surface area contributed by atoms with Gasteiger partial charge in [0.1, 0.15) is 23.4 Å². The summed E-state index contributed by atoms with van der Waals surface area (Å²) in [7, 11) is 1.37. The number of para-hydroxylation sites is 1. The number of amides is 3. The number of fused-ring (bicyclic) bond motifs is 1. The summed E-state index contributed by atoms with van der Waals surface area (Å²) in [5.41, 5.74) is -2.66. The molecule has 37 heavy (non-hydrogen) atoms. The van der Waals surface area contributed by atoms with Crippen molar-refractivity contribution in [1.29, 1.82) is 0 Å². The van der Waals surface area contributed by atoms with Gasteiger partial charge in [0.25, 0.3) is 29.1 Å². The van der Waals surface area contributed by atoms with E-state index in [0.29, 0.717) is 15.8 Å². The van der Waals surface area contributed by atoms with Crippen LogP contribution in [-0.4, -0.2) is 57.0 Å². The molecule has 186 valence electrons. The van der Waals surface area contributed by atoms with E-state index in [9.17, 15) is 39.4 Å². The molecule has 3 aromatic rings. The maximum atomic E-state index is 13.6. The van der Waals surface area contributed by atoms with Crippen LogP contribution >= 0.6 is 0 Å². The number of hydrogen-bond donors (Lipinski definition) is 0. The quantitative estimate of drug-likeness (QED) is 0.193. The van der Waals surface area contributed by atoms with Gasteiger partial charge in [0, 0.05) is 17.7 Å². The molecule has 0 aromatic heterocycles. The molecule has 0 saturated carbocycles. The monoisotopic (exact) mass is 504 g/mol. The molecule has 0 spiro atoms. The summed E-state index contributed by atoms with van der Waals surface area (Å²) in [5, 5.41) is 23.8. The lowest BCUT2D eigenvalue weighted by Crippen LogP contribution is -2.51. The van der Waals surface area contributed by atoms with E-state index in [1.54, 1.807) is 6.07 Å². The molecule has 0 saturated heterocycles. The number of nitro groups is 2. The number of carbonyl (C=O) groups is 4. The van der Waals surface area contributed by atoms with Crippen LogP contribution in [0.1, 0.15) is 41.4 Å². The Labute approximate surface area is 207 Å². The van der Waals surface area contributed by atoms with Crippen LogP contribution < -0.4 is 4.74 Å². The third kappa shape index (κ3) is 4.36. The lowest BCUT2D eigenvalue weighted by atomic mass is 10.1. The lowest BCUT2D eigenvalue weighted by Gasteiger charge is -2.29. The van der Waals surface area contributed by atoms with Crippen molar-refractivity contribution in [2.45, 2.75) is 0 Å². The van der Waals surface area contributed by atoms with Crippen LogP contribution in [-0.2, 0) is 0 Å². The van der Waals surface area contributed by atoms with Gasteiger partial charge in [-0.1, -0.05) is 30.3 Å². The molecule has 3 amide bonds. The van der Waals surface area contributed by atoms with Crippen LogP contribution in [0.2, 0.25) is 0 Å². The standard InChI is InChI=1S/C24H16N4O9/c1-37-15-7-4-6-14(12-15)20(29)13-25(22(30)16-8-2-3-10-18(16)27(33)34)26-23(31)17-9-5-11-19(28(35)36)21(17)24(26)32/h2-12H,13H2,1H3. The number of Topliss-reactive ketones (excluding diaryl/α,β-unsaturated/α-hetero) is 1. The Morgan fingerprint density at radius 2 is 1.54 bits per heavy atom. The summed E-state index contributed by atoms with van der Waals surface area (Å²) in [6.07, 6.45) is 0. The molecule has 0 fully saturated rings. The number of methoxy groups -OCH3 is 1. The molecule has 0 atom stereocenters. The summed E-state index contributed by atoms with van der Waals surface area (Å²) in [6.45, 7) is -0.892. The van der Waals surface area contributed by atoms with Crippen molar-refractivity contribution in [3.63, 3.8) is 0 Å². The number of ether oxygens (including phenoxy) is 1. The molecule has 0 radical (unpaired) electrons. The maximum Gasteiger partial charge on any atom is 0.287 e. The highest BCUT2D eigenvalue weighted by molar-refractivity contribution is 6.24. The van der Waals surface area contributed by atoms with Crippen molar-refractivity contribution in [1.82, 2.24) is 10.0 Å². The molecular formula is C24H16N4O9. The number of hydrazine groups is 1. The van der Waals surface area contributed by atoms with Gasteiger partial charge in [-0.15, -0.1) is 0 Å². The molecule has 1 aliphatic heterocycles. The molecule has 0 bridgehead atoms. The third-order valence-corrected chi connectivity index (χ3v) is 5.56. The van der Waals surface area contributed by atoms with Crippen molar-refractivity contribution < 1.29 is 33.8 Å². The fourth-order valence-corrected chi connectivity index (χ4v) is 3.84. The molecule has 13 nitrogen and oxygen atoms in total. The van der Waals surface area contributed by atoms with Crippen molar-refractivity contribution >= 4 is 34.9 Å². The Hall–Kier alpha value is -5.46. The van der Waals surface area contributed by atoms with Crippen LogP contribution in [0.3, 0.4) is 0 Å². The molecule has 0 aliphatic carbocycles. The highest BCUT2D eigenvalue weighted by Gasteiger charge is 2.46. The molecule has 13 heteroatoms. The highest BCUT2D eigenvalue weighted by Crippen LogP contribution is 2.33. The van der Waals surface area contributed by atoms with E-state index in [4.69, 9.17) is 4.74 Å². The first-order chi connectivity index (χ1) is 17.6. The second-order valence-corrected chi connectivity index (χ2v) is 7.67. The molecule has 1 heterocycles. The zero-order valence-corrected chi connectivity index (χ0v) is 19.0. The SMILES string of the molecule is COc1cccc(C(=O)CN(C(=O)c2ccccc2[N+](=O)[O-])N2C(=O)c3cccc([N+](=O)[O-])c3C2=O)c1. The topological polar surface area (TPSA) is 170 Å². The van der Waals surface area contributed by atoms with Gasteiger partial charge in [-0.2, -0.15) is 5.01 Å². The van der Waals surface area contributed by atoms with E-state index >= 15 is 0 Å². The Morgan fingerprint density at radius 3 is 2.22 bits per heavy atom. The van der Waals surface area contributed by atoms with Gasteiger partial charge in [0.2, 0.25) is 0 Å². The fourth-order valence-electron chi connectivity index (χ4n) is 3.84. The Bertz CT molecular complexity index is 1500. The lowest BCUT2D eigenvalue weighted by molar-refractivity contribution is -0.385. The average Bonchev–Trinajstić information content (AvgIpc) is 3.16. The third-order valence-electron chi connectivity index (χ3n) is 5.56. The molecule has 0 N–H and O–H groups in total. The van der Waals surface area contributed by atoms with Crippen LogP contribution in [0.4, 0.5) is 11.4 Å². The van der Waals surface area contributed by atoms with Crippen molar-refractivity contribution in [3.8, 4) is 5.75 Å². The summed E-state index contributed by atoms with van der Waals surface area (Å²) < 4.78 is 5.09. The van der Waals surface area contributed by atoms with E-state index in [1.165, 1.54) is 49.6 Å². The van der Waals surface area contributed by atoms with Crippen LogP contribution in [0.5, 0.6) is 5.75 Å². The fraction of sp³-hybridized carbons (Fsp3) is 0.0833. The normalized spacial score (nSPS) is 12.2. The maximum absolute atomic E-state index is 13.6. The molecule has 1 aliphatic rings. The van der Waals surface area contributed by atoms with Crippen LogP contribution in [0.25, 0.3) is 0 Å².